The molecule has 5 heteroatoms. The van der Waals surface area contributed by atoms with Crippen molar-refractivity contribution in [3.05, 3.63) is 35.9 Å². The van der Waals surface area contributed by atoms with Crippen molar-refractivity contribution in [1.82, 2.24) is 5.32 Å². The van der Waals surface area contributed by atoms with Crippen molar-refractivity contribution < 1.29 is 14.7 Å². The lowest BCUT2D eigenvalue weighted by molar-refractivity contribution is -0.139. The van der Waals surface area contributed by atoms with E-state index in [9.17, 15) is 14.7 Å². The number of aryl methyl sites for hydroxylation is 1. The maximum absolute atomic E-state index is 11.5. The van der Waals surface area contributed by atoms with Crippen molar-refractivity contribution in [3.63, 3.8) is 0 Å². The number of benzene rings is 1. The quantitative estimate of drug-likeness (QED) is 0.724. The molecule has 0 spiro atoms. The third-order valence-electron chi connectivity index (χ3n) is 2.27. The first-order valence-corrected chi connectivity index (χ1v) is 6.92. The molecule has 1 aromatic rings. The van der Waals surface area contributed by atoms with Crippen LogP contribution in [0.2, 0.25) is 0 Å². The Bertz CT molecular complexity index is 381. The van der Waals surface area contributed by atoms with Gasteiger partial charge in [0.1, 0.15) is 0 Å². The van der Waals surface area contributed by atoms with Crippen molar-refractivity contribution in [1.29, 1.82) is 0 Å². The molecule has 0 atom stereocenters. The molecule has 4 nitrogen and oxygen atoms in total. The third-order valence-corrected chi connectivity index (χ3v) is 3.20. The lowest BCUT2D eigenvalue weighted by Gasteiger charge is -2.04. The second-order valence-electron chi connectivity index (χ2n) is 3.76. The van der Waals surface area contributed by atoms with Crippen LogP contribution in [-0.4, -0.2) is 29.9 Å². The summed E-state index contributed by atoms with van der Waals surface area (Å²) >= 11 is 1.24. The maximum Gasteiger partial charge on any atom is 0.365 e. The van der Waals surface area contributed by atoms with Gasteiger partial charge in [-0.3, -0.25) is 4.79 Å². The number of hydrogen-bond donors (Lipinski definition) is 1. The second-order valence-corrected chi connectivity index (χ2v) is 4.87. The van der Waals surface area contributed by atoms with Crippen LogP contribution in [0.5, 0.6) is 0 Å². The van der Waals surface area contributed by atoms with Gasteiger partial charge in [-0.1, -0.05) is 30.3 Å². The van der Waals surface area contributed by atoms with E-state index in [2.05, 4.69) is 5.32 Å². The summed E-state index contributed by atoms with van der Waals surface area (Å²) in [6.45, 7) is 0.492. The molecular weight excluding hydrogens is 250 g/mol. The molecule has 1 aromatic carbocycles. The van der Waals surface area contributed by atoms with Crippen LogP contribution in [0.4, 0.5) is 0 Å². The highest BCUT2D eigenvalue weighted by Gasteiger charge is 2.02. The summed E-state index contributed by atoms with van der Waals surface area (Å²) < 4.78 is 0. The van der Waals surface area contributed by atoms with Crippen LogP contribution in [0.25, 0.3) is 0 Å². The summed E-state index contributed by atoms with van der Waals surface area (Å²) in [6, 6.07) is 9.82. The predicted molar refractivity (Wildman–Crippen MR) is 70.8 cm³/mol. The van der Waals surface area contributed by atoms with Crippen molar-refractivity contribution in [2.75, 3.05) is 18.1 Å². The van der Waals surface area contributed by atoms with Crippen LogP contribution < -0.4 is 5.32 Å². The molecule has 0 aliphatic heterocycles. The SMILES string of the molecule is [O]C(=O)CSCCNC(=O)CCc1ccccc1. The van der Waals surface area contributed by atoms with Gasteiger partial charge in [0.2, 0.25) is 5.91 Å². The van der Waals surface area contributed by atoms with Crippen LogP contribution in [0.3, 0.4) is 0 Å². The summed E-state index contributed by atoms with van der Waals surface area (Å²) in [4.78, 5) is 21.6. The van der Waals surface area contributed by atoms with Crippen LogP contribution in [-0.2, 0) is 21.1 Å². The summed E-state index contributed by atoms with van der Waals surface area (Å²) in [5, 5.41) is 12.9. The minimum absolute atomic E-state index is 0.00657. The van der Waals surface area contributed by atoms with E-state index in [1.165, 1.54) is 11.8 Å². The maximum atomic E-state index is 11.5. The highest BCUT2D eigenvalue weighted by atomic mass is 32.2. The molecular formula is C13H16NO3S. The Balaban J connectivity index is 2.06. The van der Waals surface area contributed by atoms with E-state index in [0.717, 1.165) is 12.0 Å². The Kier molecular flexibility index (Phi) is 6.94. The summed E-state index contributed by atoms with van der Waals surface area (Å²) in [6.07, 6.45) is 1.17. The van der Waals surface area contributed by atoms with Crippen LogP contribution in [0.1, 0.15) is 12.0 Å². The molecule has 18 heavy (non-hydrogen) atoms. The topological polar surface area (TPSA) is 66.1 Å². The molecule has 0 aromatic heterocycles. The molecule has 1 rings (SSSR count). The smallest absolute Gasteiger partial charge is 0.355 e. The standard InChI is InChI=1S/C13H16NO3S/c15-12(14-8-9-18-10-13(16)17)7-6-11-4-2-1-3-5-11/h1-5H,6-10H2,(H,14,15). The average Bonchev–Trinajstić information content (AvgIpc) is 2.37. The third kappa shape index (κ3) is 6.96. The Labute approximate surface area is 111 Å². The highest BCUT2D eigenvalue weighted by molar-refractivity contribution is 7.99. The average molecular weight is 266 g/mol. The van der Waals surface area contributed by atoms with Crippen molar-refractivity contribution >= 4 is 23.6 Å². The van der Waals surface area contributed by atoms with E-state index in [1.807, 2.05) is 30.3 Å². The van der Waals surface area contributed by atoms with E-state index in [-0.39, 0.29) is 11.7 Å². The monoisotopic (exact) mass is 266 g/mol. The molecule has 0 fully saturated rings. The van der Waals surface area contributed by atoms with Gasteiger partial charge in [-0.05, 0) is 12.0 Å². The van der Waals surface area contributed by atoms with Gasteiger partial charge in [0.05, 0.1) is 5.75 Å². The molecule has 1 amide bonds. The van der Waals surface area contributed by atoms with Crippen molar-refractivity contribution in [2.24, 2.45) is 0 Å². The number of thioether (sulfide) groups is 1. The van der Waals surface area contributed by atoms with E-state index >= 15 is 0 Å². The number of carbonyl (C=O) groups is 2. The molecule has 0 bridgehead atoms. The fourth-order valence-corrected chi connectivity index (χ4v) is 1.97. The molecule has 0 heterocycles. The van der Waals surface area contributed by atoms with Gasteiger partial charge >= 0.3 is 5.97 Å². The minimum Gasteiger partial charge on any atom is -0.355 e. The van der Waals surface area contributed by atoms with Gasteiger partial charge in [0.15, 0.2) is 0 Å². The highest BCUT2D eigenvalue weighted by Crippen LogP contribution is 2.02. The largest absolute Gasteiger partial charge is 0.365 e. The van der Waals surface area contributed by atoms with E-state index < -0.39 is 5.97 Å². The first kappa shape index (κ1) is 14.6. The van der Waals surface area contributed by atoms with Crippen molar-refractivity contribution in [2.45, 2.75) is 12.8 Å². The zero-order valence-electron chi connectivity index (χ0n) is 10.1. The molecule has 1 radical (unpaired) electrons. The van der Waals surface area contributed by atoms with Gasteiger partial charge in [0, 0.05) is 18.7 Å². The van der Waals surface area contributed by atoms with Crippen molar-refractivity contribution in [3.8, 4) is 0 Å². The fourth-order valence-electron chi connectivity index (χ4n) is 1.41. The van der Waals surface area contributed by atoms with Gasteiger partial charge in [-0.2, -0.15) is 0 Å². The number of amides is 1. The first-order chi connectivity index (χ1) is 8.68. The lowest BCUT2D eigenvalue weighted by atomic mass is 10.1. The first-order valence-electron chi connectivity index (χ1n) is 5.76. The van der Waals surface area contributed by atoms with E-state index in [4.69, 9.17) is 0 Å². The van der Waals surface area contributed by atoms with E-state index in [0.29, 0.717) is 18.7 Å². The molecule has 0 saturated heterocycles. The molecule has 0 unspecified atom stereocenters. The Hall–Kier alpha value is -1.49. The van der Waals surface area contributed by atoms with Crippen LogP contribution >= 0.6 is 11.8 Å². The predicted octanol–water partition coefficient (Wildman–Crippen LogP) is 1.43. The Morgan fingerprint density at radius 1 is 1.17 bits per heavy atom. The van der Waals surface area contributed by atoms with Gasteiger partial charge in [0.25, 0.3) is 0 Å². The molecule has 0 saturated carbocycles. The van der Waals surface area contributed by atoms with Gasteiger partial charge < -0.3 is 5.32 Å². The number of hydrogen-bond acceptors (Lipinski definition) is 3. The molecule has 1 N–H and O–H groups in total. The zero-order chi connectivity index (χ0) is 13.2. The molecule has 0 aliphatic rings. The van der Waals surface area contributed by atoms with E-state index in [1.54, 1.807) is 0 Å². The van der Waals surface area contributed by atoms with Gasteiger partial charge in [-0.15, -0.1) is 11.8 Å². The Morgan fingerprint density at radius 2 is 1.89 bits per heavy atom. The zero-order valence-corrected chi connectivity index (χ0v) is 10.9. The summed E-state index contributed by atoms with van der Waals surface area (Å²) in [7, 11) is 0. The number of nitrogens with one attached hydrogen (secondary N) is 1. The Morgan fingerprint density at radius 3 is 2.56 bits per heavy atom. The normalized spacial score (nSPS) is 10.0. The summed E-state index contributed by atoms with van der Waals surface area (Å²) in [5.41, 5.74) is 1.14. The lowest BCUT2D eigenvalue weighted by Crippen LogP contribution is -2.26. The van der Waals surface area contributed by atoms with Crippen LogP contribution in [0, 0.1) is 0 Å². The molecule has 97 valence electrons. The summed E-state index contributed by atoms with van der Waals surface area (Å²) in [5.74, 6) is -0.520. The second kappa shape index (κ2) is 8.58. The number of rotatable bonds is 8. The minimum atomic E-state index is -1.07. The molecule has 0 aliphatic carbocycles. The fraction of sp³-hybridized carbons (Fsp3) is 0.385. The van der Waals surface area contributed by atoms with Crippen LogP contribution in [0.15, 0.2) is 30.3 Å². The number of carbonyl (C=O) groups excluding carboxylic acids is 2. The van der Waals surface area contributed by atoms with Gasteiger partial charge in [-0.25, -0.2) is 9.90 Å².